The van der Waals surface area contributed by atoms with Crippen LogP contribution in [-0.4, -0.2) is 40.5 Å². The Morgan fingerprint density at radius 2 is 2.15 bits per heavy atom. The Bertz CT molecular complexity index is 258. The normalized spacial score (nSPS) is 17.6. The summed E-state index contributed by atoms with van der Waals surface area (Å²) in [5.74, 6) is -1.43. The summed E-state index contributed by atoms with van der Waals surface area (Å²) in [7, 11) is 0. The van der Waals surface area contributed by atoms with Gasteiger partial charge in [0, 0.05) is 19.8 Å². The second kappa shape index (κ2) is 3.55. The van der Waals surface area contributed by atoms with Crippen molar-refractivity contribution in [3.05, 3.63) is 0 Å². The molecule has 1 unspecified atom stereocenters. The number of carboxylic acid groups (broad SMARTS) is 1. The molecular weight excluding hydrogens is 172 g/mol. The molecule has 1 rings (SSSR count). The highest BCUT2D eigenvalue weighted by atomic mass is 16.4. The Balaban J connectivity index is 2.60. The number of amides is 1. The summed E-state index contributed by atoms with van der Waals surface area (Å²) in [5.41, 5.74) is 0. The quantitative estimate of drug-likeness (QED) is 0.349. The number of nitrogens with zero attached hydrogens (tertiary/aromatic N) is 1. The molecule has 5 nitrogen and oxygen atoms in total. The monoisotopic (exact) mass is 185 g/mol. The van der Waals surface area contributed by atoms with Gasteiger partial charge in [-0.1, -0.05) is 0 Å². The molecule has 0 saturated heterocycles. The van der Waals surface area contributed by atoms with Gasteiger partial charge in [-0.05, 0) is 0 Å². The van der Waals surface area contributed by atoms with E-state index in [1.807, 2.05) is 0 Å². The molecule has 0 aromatic rings. The average Bonchev–Trinajstić information content (AvgIpc) is 2.80. The SMILES string of the molecule is C=[N+](C1CC1)C(NC(C)=O)C(=O)O. The van der Waals surface area contributed by atoms with Crippen molar-refractivity contribution in [3.8, 4) is 0 Å². The standard InChI is InChI=1S/C8H12N2O3/c1-5(11)9-7(8(12)13)10(2)6-3-4-6/h6-7H,2-4H2,1H3,(H-,9,11,12,13)/p+1. The van der Waals surface area contributed by atoms with Crippen LogP contribution in [0.3, 0.4) is 0 Å². The van der Waals surface area contributed by atoms with Crippen molar-refractivity contribution in [1.29, 1.82) is 0 Å². The van der Waals surface area contributed by atoms with Gasteiger partial charge < -0.3 is 5.11 Å². The Labute approximate surface area is 76.1 Å². The van der Waals surface area contributed by atoms with Crippen molar-refractivity contribution < 1.29 is 19.3 Å². The second-order valence-corrected chi connectivity index (χ2v) is 3.19. The van der Waals surface area contributed by atoms with Gasteiger partial charge in [-0.25, -0.2) is 9.37 Å². The molecule has 0 aromatic heterocycles. The first-order chi connectivity index (χ1) is 6.02. The minimum atomic E-state index is -1.07. The molecule has 0 radical (unpaired) electrons. The smallest absolute Gasteiger partial charge is 0.396 e. The van der Waals surface area contributed by atoms with Crippen LogP contribution in [0.4, 0.5) is 0 Å². The molecule has 0 aliphatic heterocycles. The summed E-state index contributed by atoms with van der Waals surface area (Å²) >= 11 is 0. The van der Waals surface area contributed by atoms with Gasteiger partial charge in [0.05, 0.1) is 0 Å². The summed E-state index contributed by atoms with van der Waals surface area (Å²) in [6, 6.07) is 0.202. The molecule has 0 spiro atoms. The molecule has 1 atom stereocenters. The first kappa shape index (κ1) is 9.70. The van der Waals surface area contributed by atoms with Crippen molar-refractivity contribution in [3.63, 3.8) is 0 Å². The van der Waals surface area contributed by atoms with E-state index >= 15 is 0 Å². The van der Waals surface area contributed by atoms with Crippen molar-refractivity contribution in [1.82, 2.24) is 5.32 Å². The van der Waals surface area contributed by atoms with E-state index in [-0.39, 0.29) is 11.9 Å². The van der Waals surface area contributed by atoms with E-state index in [0.29, 0.717) is 0 Å². The fraction of sp³-hybridized carbons (Fsp3) is 0.625. The zero-order valence-electron chi connectivity index (χ0n) is 7.49. The lowest BCUT2D eigenvalue weighted by molar-refractivity contribution is -0.564. The van der Waals surface area contributed by atoms with Crippen LogP contribution < -0.4 is 5.32 Å². The van der Waals surface area contributed by atoms with Crippen LogP contribution in [0, 0.1) is 0 Å². The van der Waals surface area contributed by atoms with Gasteiger partial charge in [0.25, 0.3) is 0 Å². The van der Waals surface area contributed by atoms with E-state index in [9.17, 15) is 9.59 Å². The van der Waals surface area contributed by atoms with Crippen LogP contribution in [0.5, 0.6) is 0 Å². The molecular formula is C8H13N2O3+. The van der Waals surface area contributed by atoms with Gasteiger partial charge in [0.2, 0.25) is 5.91 Å². The van der Waals surface area contributed by atoms with Crippen molar-refractivity contribution in [2.45, 2.75) is 32.0 Å². The van der Waals surface area contributed by atoms with Crippen LogP contribution in [-0.2, 0) is 9.59 Å². The second-order valence-electron chi connectivity index (χ2n) is 3.19. The molecule has 1 aliphatic carbocycles. The maximum atomic E-state index is 10.7. The zero-order valence-corrected chi connectivity index (χ0v) is 7.49. The van der Waals surface area contributed by atoms with Gasteiger partial charge in [0.1, 0.15) is 6.72 Å². The van der Waals surface area contributed by atoms with Gasteiger partial charge in [-0.2, -0.15) is 0 Å². The van der Waals surface area contributed by atoms with Crippen molar-refractivity contribution >= 4 is 18.6 Å². The van der Waals surface area contributed by atoms with Crippen LogP contribution in [0.1, 0.15) is 19.8 Å². The first-order valence-electron chi connectivity index (χ1n) is 4.11. The Morgan fingerprint density at radius 1 is 1.62 bits per heavy atom. The maximum absolute atomic E-state index is 10.7. The minimum absolute atomic E-state index is 0.202. The van der Waals surface area contributed by atoms with E-state index in [0.717, 1.165) is 12.8 Å². The molecule has 5 heteroatoms. The summed E-state index contributed by atoms with van der Waals surface area (Å²) in [4.78, 5) is 21.4. The highest BCUT2D eigenvalue weighted by molar-refractivity contribution is 5.80. The summed E-state index contributed by atoms with van der Waals surface area (Å²) in [6.07, 6.45) is 0.907. The summed E-state index contributed by atoms with van der Waals surface area (Å²) < 4.78 is 1.43. The fourth-order valence-electron chi connectivity index (χ4n) is 1.10. The minimum Gasteiger partial charge on any atom is -0.475 e. The number of aliphatic carboxylic acids is 1. The molecule has 0 aromatic carbocycles. The van der Waals surface area contributed by atoms with Crippen molar-refractivity contribution in [2.75, 3.05) is 0 Å². The van der Waals surface area contributed by atoms with E-state index in [4.69, 9.17) is 5.11 Å². The lowest BCUT2D eigenvalue weighted by Gasteiger charge is -2.10. The summed E-state index contributed by atoms with van der Waals surface area (Å²) in [5, 5.41) is 11.1. The molecule has 72 valence electrons. The number of nitrogens with one attached hydrogen (secondary N) is 1. The predicted molar refractivity (Wildman–Crippen MR) is 45.6 cm³/mol. The number of carbonyl (C=O) groups excluding carboxylic acids is 1. The summed E-state index contributed by atoms with van der Waals surface area (Å²) in [6.45, 7) is 4.90. The van der Waals surface area contributed by atoms with Gasteiger partial charge in [-0.15, -0.1) is 0 Å². The highest BCUT2D eigenvalue weighted by Crippen LogP contribution is 2.23. The predicted octanol–water partition coefficient (Wildman–Crippen LogP) is -0.591. The van der Waals surface area contributed by atoms with E-state index < -0.39 is 12.1 Å². The zero-order chi connectivity index (χ0) is 10.0. The van der Waals surface area contributed by atoms with Gasteiger partial charge >= 0.3 is 12.1 Å². The molecule has 13 heavy (non-hydrogen) atoms. The molecule has 2 N–H and O–H groups in total. The molecule has 0 heterocycles. The van der Waals surface area contributed by atoms with Crippen molar-refractivity contribution in [2.24, 2.45) is 0 Å². The van der Waals surface area contributed by atoms with Gasteiger partial charge in [0.15, 0.2) is 6.04 Å². The lowest BCUT2D eigenvalue weighted by atomic mass is 10.4. The van der Waals surface area contributed by atoms with E-state index in [2.05, 4.69) is 12.0 Å². The van der Waals surface area contributed by atoms with Crippen LogP contribution in [0.2, 0.25) is 0 Å². The number of carboxylic acids is 1. The third-order valence-corrected chi connectivity index (χ3v) is 1.92. The fourth-order valence-corrected chi connectivity index (χ4v) is 1.10. The number of hydrogen-bond donors (Lipinski definition) is 2. The number of carbonyl (C=O) groups is 2. The largest absolute Gasteiger partial charge is 0.475 e. The van der Waals surface area contributed by atoms with E-state index in [1.165, 1.54) is 11.5 Å². The molecule has 1 aliphatic rings. The molecule has 1 amide bonds. The third-order valence-electron chi connectivity index (χ3n) is 1.92. The lowest BCUT2D eigenvalue weighted by Crippen LogP contribution is -2.48. The molecule has 1 fully saturated rings. The Kier molecular flexibility index (Phi) is 2.65. The van der Waals surface area contributed by atoms with E-state index in [1.54, 1.807) is 0 Å². The Morgan fingerprint density at radius 3 is 2.46 bits per heavy atom. The highest BCUT2D eigenvalue weighted by Gasteiger charge is 2.40. The third kappa shape index (κ3) is 2.54. The van der Waals surface area contributed by atoms with Crippen LogP contribution >= 0.6 is 0 Å². The van der Waals surface area contributed by atoms with Gasteiger partial charge in [-0.3, -0.25) is 10.1 Å². The number of hydrogen-bond acceptors (Lipinski definition) is 2. The van der Waals surface area contributed by atoms with Crippen LogP contribution in [0.15, 0.2) is 0 Å². The topological polar surface area (TPSA) is 69.4 Å². The maximum Gasteiger partial charge on any atom is 0.396 e. The molecule has 0 bridgehead atoms. The number of rotatable bonds is 4. The first-order valence-corrected chi connectivity index (χ1v) is 4.11. The Hall–Kier alpha value is -1.39. The average molecular weight is 185 g/mol. The van der Waals surface area contributed by atoms with Crippen LogP contribution in [0.25, 0.3) is 0 Å². The molecule has 1 saturated carbocycles.